The molecular weight excluding hydrogens is 334 g/mol. The van der Waals surface area contributed by atoms with Crippen LogP contribution in [0.25, 0.3) is 0 Å². The summed E-state index contributed by atoms with van der Waals surface area (Å²) >= 11 is 0. The van der Waals surface area contributed by atoms with Crippen LogP contribution in [0.2, 0.25) is 0 Å². The van der Waals surface area contributed by atoms with Crippen molar-refractivity contribution in [2.45, 2.75) is 57.4 Å². The van der Waals surface area contributed by atoms with Gasteiger partial charge in [0, 0.05) is 31.4 Å². The summed E-state index contributed by atoms with van der Waals surface area (Å²) in [6.45, 7) is 2.69. The molecule has 4 heteroatoms. The second-order valence-corrected chi connectivity index (χ2v) is 7.86. The fourth-order valence-corrected chi connectivity index (χ4v) is 4.32. The molecule has 0 radical (unpaired) electrons. The summed E-state index contributed by atoms with van der Waals surface area (Å²) in [5, 5.41) is 3.05. The summed E-state index contributed by atoms with van der Waals surface area (Å²) in [5.74, 6) is 1.69. The third kappa shape index (κ3) is 4.49. The van der Waals surface area contributed by atoms with Crippen molar-refractivity contribution in [3.05, 3.63) is 59.3 Å². The third-order valence-corrected chi connectivity index (χ3v) is 5.94. The van der Waals surface area contributed by atoms with Gasteiger partial charge < -0.3 is 10.2 Å². The zero-order valence-electron chi connectivity index (χ0n) is 16.0. The smallest absolute Gasteiger partial charge is 0.251 e. The number of hydrogen-bond donors (Lipinski definition) is 1. The molecule has 2 aliphatic rings. The van der Waals surface area contributed by atoms with Crippen LogP contribution < -0.4 is 10.2 Å². The van der Waals surface area contributed by atoms with Crippen molar-refractivity contribution >= 4 is 11.7 Å². The molecule has 1 aromatic heterocycles. The molecule has 4 rings (SSSR count). The lowest BCUT2D eigenvalue weighted by Gasteiger charge is -2.22. The fraction of sp³-hybridized carbons (Fsp3) is 0.478. The molecule has 1 aliphatic carbocycles. The van der Waals surface area contributed by atoms with Gasteiger partial charge in [-0.3, -0.25) is 4.79 Å². The predicted octanol–water partition coefficient (Wildman–Crippen LogP) is 4.66. The number of nitrogens with one attached hydrogen (secondary N) is 1. The minimum atomic E-state index is -0.00951. The summed E-state index contributed by atoms with van der Waals surface area (Å²) < 4.78 is 0. The number of aromatic nitrogens is 1. The molecule has 1 aromatic carbocycles. The van der Waals surface area contributed by atoms with Gasteiger partial charge >= 0.3 is 0 Å². The maximum absolute atomic E-state index is 12.5. The molecule has 27 heavy (non-hydrogen) atoms. The average molecular weight is 364 g/mol. The van der Waals surface area contributed by atoms with Crippen LogP contribution in [0.5, 0.6) is 0 Å². The number of nitrogens with zero attached hydrogens (tertiary/aromatic N) is 2. The quantitative estimate of drug-likeness (QED) is 0.840. The van der Waals surface area contributed by atoms with Crippen molar-refractivity contribution in [2.75, 3.05) is 18.0 Å². The van der Waals surface area contributed by atoms with Gasteiger partial charge in [0.2, 0.25) is 0 Å². The Labute approximate surface area is 162 Å². The first-order valence-corrected chi connectivity index (χ1v) is 10.4. The summed E-state index contributed by atoms with van der Waals surface area (Å²) in [6.07, 6.45) is 10.9. The van der Waals surface area contributed by atoms with E-state index >= 15 is 0 Å². The van der Waals surface area contributed by atoms with Crippen LogP contribution in [-0.4, -0.2) is 24.0 Å². The fourth-order valence-electron chi connectivity index (χ4n) is 4.32. The van der Waals surface area contributed by atoms with Gasteiger partial charge in [0.05, 0.1) is 0 Å². The van der Waals surface area contributed by atoms with E-state index < -0.39 is 0 Å². The lowest BCUT2D eigenvalue weighted by molar-refractivity contribution is 0.0951. The molecule has 1 saturated heterocycles. The van der Waals surface area contributed by atoms with Crippen LogP contribution in [0.3, 0.4) is 0 Å². The van der Waals surface area contributed by atoms with Gasteiger partial charge in [-0.05, 0) is 67.0 Å². The van der Waals surface area contributed by atoms with Crippen LogP contribution in [0.4, 0.5) is 5.82 Å². The van der Waals surface area contributed by atoms with Crippen LogP contribution in [-0.2, 0) is 6.54 Å². The summed E-state index contributed by atoms with van der Waals surface area (Å²) in [6, 6.07) is 12.3. The van der Waals surface area contributed by atoms with Gasteiger partial charge in [0.15, 0.2) is 0 Å². The molecular formula is C23H29N3O. The highest BCUT2D eigenvalue weighted by atomic mass is 16.1. The zero-order chi connectivity index (χ0) is 18.5. The van der Waals surface area contributed by atoms with E-state index in [4.69, 9.17) is 0 Å². The molecule has 1 saturated carbocycles. The van der Waals surface area contributed by atoms with E-state index in [1.807, 2.05) is 24.4 Å². The molecule has 2 fully saturated rings. The molecule has 1 N–H and O–H groups in total. The maximum atomic E-state index is 12.5. The highest BCUT2D eigenvalue weighted by molar-refractivity contribution is 5.94. The number of rotatable bonds is 5. The second-order valence-electron chi connectivity index (χ2n) is 7.86. The number of pyridine rings is 1. The summed E-state index contributed by atoms with van der Waals surface area (Å²) in [4.78, 5) is 19.3. The molecule has 4 nitrogen and oxygen atoms in total. The average Bonchev–Trinajstić information content (AvgIpc) is 3.28. The molecule has 0 atom stereocenters. The Hall–Kier alpha value is -2.36. The zero-order valence-corrected chi connectivity index (χ0v) is 16.0. The van der Waals surface area contributed by atoms with E-state index in [2.05, 4.69) is 33.4 Å². The molecule has 2 aromatic rings. The van der Waals surface area contributed by atoms with Crippen LogP contribution in [0, 0.1) is 0 Å². The molecule has 1 amide bonds. The molecule has 0 spiro atoms. The van der Waals surface area contributed by atoms with Crippen molar-refractivity contribution < 1.29 is 4.79 Å². The van der Waals surface area contributed by atoms with Gasteiger partial charge in [-0.25, -0.2) is 4.98 Å². The first kappa shape index (κ1) is 18.0. The minimum absolute atomic E-state index is 0.00951. The number of carbonyl (C=O) groups is 1. The second kappa shape index (κ2) is 8.55. The molecule has 0 bridgehead atoms. The Morgan fingerprint density at radius 1 is 1.00 bits per heavy atom. The molecule has 2 heterocycles. The van der Waals surface area contributed by atoms with Crippen LogP contribution in [0.15, 0.2) is 42.6 Å². The number of anilines is 1. The van der Waals surface area contributed by atoms with Crippen LogP contribution in [0.1, 0.15) is 72.3 Å². The van der Waals surface area contributed by atoms with E-state index in [1.165, 1.54) is 50.5 Å². The van der Waals surface area contributed by atoms with E-state index in [9.17, 15) is 4.79 Å². The largest absolute Gasteiger partial charge is 0.357 e. The monoisotopic (exact) mass is 363 g/mol. The van der Waals surface area contributed by atoms with E-state index in [-0.39, 0.29) is 5.91 Å². The highest BCUT2D eigenvalue weighted by Crippen LogP contribution is 2.32. The first-order chi connectivity index (χ1) is 13.3. The number of benzene rings is 1. The maximum Gasteiger partial charge on any atom is 0.251 e. The van der Waals surface area contributed by atoms with Crippen molar-refractivity contribution in [1.29, 1.82) is 0 Å². The normalized spacial score (nSPS) is 17.9. The van der Waals surface area contributed by atoms with Gasteiger partial charge in [-0.2, -0.15) is 0 Å². The number of hydrogen-bond acceptors (Lipinski definition) is 3. The van der Waals surface area contributed by atoms with Gasteiger partial charge in [0.1, 0.15) is 5.82 Å². The number of carbonyl (C=O) groups excluding carboxylic acids is 1. The first-order valence-electron chi connectivity index (χ1n) is 10.4. The Bertz CT molecular complexity index is 759. The highest BCUT2D eigenvalue weighted by Gasteiger charge is 2.16. The Balaban J connectivity index is 1.34. The Morgan fingerprint density at radius 3 is 2.48 bits per heavy atom. The summed E-state index contributed by atoms with van der Waals surface area (Å²) in [5.41, 5.74) is 3.22. The van der Waals surface area contributed by atoms with Crippen molar-refractivity contribution in [1.82, 2.24) is 10.3 Å². The summed E-state index contributed by atoms with van der Waals surface area (Å²) in [7, 11) is 0. The minimum Gasteiger partial charge on any atom is -0.357 e. The van der Waals surface area contributed by atoms with Crippen LogP contribution >= 0.6 is 0 Å². The number of amides is 1. The molecule has 142 valence electrons. The molecule has 1 aliphatic heterocycles. The topological polar surface area (TPSA) is 45.2 Å². The SMILES string of the molecule is O=C(NCc1ccnc(N2CCCC2)c1)c1ccc(C2CCCCC2)cc1. The van der Waals surface area contributed by atoms with Gasteiger partial charge in [-0.15, -0.1) is 0 Å². The lowest BCUT2D eigenvalue weighted by atomic mass is 9.84. The van der Waals surface area contributed by atoms with Crippen molar-refractivity contribution in [3.63, 3.8) is 0 Å². The Kier molecular flexibility index (Phi) is 5.71. The third-order valence-electron chi connectivity index (χ3n) is 5.94. The van der Waals surface area contributed by atoms with E-state index in [1.54, 1.807) is 0 Å². The Morgan fingerprint density at radius 2 is 1.74 bits per heavy atom. The molecule has 0 unspecified atom stereocenters. The lowest BCUT2D eigenvalue weighted by Crippen LogP contribution is -2.23. The predicted molar refractivity (Wildman–Crippen MR) is 109 cm³/mol. The van der Waals surface area contributed by atoms with Gasteiger partial charge in [-0.1, -0.05) is 31.4 Å². The standard InChI is InChI=1S/C23H29N3O/c27-23(21-10-8-20(9-11-21)19-6-2-1-3-7-19)25-17-18-12-13-24-22(16-18)26-14-4-5-15-26/h8-13,16,19H,1-7,14-15,17H2,(H,25,27). The van der Waals surface area contributed by atoms with Gasteiger partial charge in [0.25, 0.3) is 5.91 Å². The van der Waals surface area contributed by atoms with E-state index in [0.717, 1.165) is 30.0 Å². The van der Waals surface area contributed by atoms with Crippen molar-refractivity contribution in [2.24, 2.45) is 0 Å². The van der Waals surface area contributed by atoms with Crippen molar-refractivity contribution in [3.8, 4) is 0 Å². The van der Waals surface area contributed by atoms with E-state index in [0.29, 0.717) is 12.5 Å².